The molecule has 3 heterocycles. The van der Waals surface area contributed by atoms with Gasteiger partial charge in [-0.05, 0) is 25.5 Å². The molecule has 0 aromatic carbocycles. The van der Waals surface area contributed by atoms with E-state index in [2.05, 4.69) is 21.4 Å². The van der Waals surface area contributed by atoms with Crippen LogP contribution in [0.15, 0.2) is 24.5 Å². The van der Waals surface area contributed by atoms with Gasteiger partial charge in [0.05, 0.1) is 5.56 Å². The van der Waals surface area contributed by atoms with Crippen molar-refractivity contribution >= 4 is 5.82 Å². The molecular weight excluding hydrogens is 278 g/mol. The number of pyridine rings is 1. The summed E-state index contributed by atoms with van der Waals surface area (Å²) in [6.07, 6.45) is 4.68. The molecule has 6 heteroatoms. The van der Waals surface area contributed by atoms with Crippen LogP contribution < -0.4 is 5.32 Å². The highest BCUT2D eigenvalue weighted by molar-refractivity contribution is 5.52. The second kappa shape index (κ2) is 6.16. The number of aryl methyl sites for hydroxylation is 2. The Balaban J connectivity index is 1.72. The Morgan fingerprint density at radius 1 is 1.50 bits per heavy atom. The van der Waals surface area contributed by atoms with Crippen LogP contribution >= 0.6 is 0 Å². The molecule has 0 radical (unpaired) electrons. The van der Waals surface area contributed by atoms with Crippen LogP contribution in [0.3, 0.4) is 0 Å². The van der Waals surface area contributed by atoms with Gasteiger partial charge in [-0.25, -0.2) is 9.97 Å². The van der Waals surface area contributed by atoms with Gasteiger partial charge in [-0.1, -0.05) is 0 Å². The van der Waals surface area contributed by atoms with Crippen LogP contribution in [0.2, 0.25) is 0 Å². The summed E-state index contributed by atoms with van der Waals surface area (Å²) in [5, 5.41) is 12.5. The molecule has 1 aliphatic heterocycles. The van der Waals surface area contributed by atoms with E-state index in [0.29, 0.717) is 23.8 Å². The van der Waals surface area contributed by atoms with Gasteiger partial charge in [0.2, 0.25) is 0 Å². The molecule has 0 unspecified atom stereocenters. The van der Waals surface area contributed by atoms with E-state index in [1.54, 1.807) is 12.3 Å². The van der Waals surface area contributed by atoms with Crippen molar-refractivity contribution in [2.24, 2.45) is 13.0 Å². The highest BCUT2D eigenvalue weighted by Gasteiger charge is 2.32. The highest BCUT2D eigenvalue weighted by Crippen LogP contribution is 2.33. The average molecular weight is 297 g/mol. The van der Waals surface area contributed by atoms with Crippen molar-refractivity contribution in [1.29, 1.82) is 5.26 Å². The van der Waals surface area contributed by atoms with Gasteiger partial charge < -0.3 is 14.6 Å². The van der Waals surface area contributed by atoms with Crippen LogP contribution in [0, 0.1) is 24.2 Å². The van der Waals surface area contributed by atoms with E-state index in [0.717, 1.165) is 24.5 Å². The fourth-order valence-corrected chi connectivity index (χ4v) is 2.79. The number of ether oxygens (including phenoxy) is 1. The fourth-order valence-electron chi connectivity index (χ4n) is 2.79. The summed E-state index contributed by atoms with van der Waals surface area (Å²) in [7, 11) is 1.98. The molecule has 0 bridgehead atoms. The van der Waals surface area contributed by atoms with Crippen molar-refractivity contribution in [3.05, 3.63) is 41.6 Å². The van der Waals surface area contributed by atoms with Gasteiger partial charge in [0, 0.05) is 44.2 Å². The summed E-state index contributed by atoms with van der Waals surface area (Å²) in [6, 6.07) is 5.82. The number of anilines is 1. The minimum atomic E-state index is -0.0113. The quantitative estimate of drug-likeness (QED) is 0.936. The van der Waals surface area contributed by atoms with Crippen molar-refractivity contribution in [2.75, 3.05) is 18.5 Å². The lowest BCUT2D eigenvalue weighted by molar-refractivity contribution is 0.0839. The van der Waals surface area contributed by atoms with Gasteiger partial charge in [0.1, 0.15) is 23.8 Å². The summed E-state index contributed by atoms with van der Waals surface area (Å²) in [4.78, 5) is 8.81. The molecule has 6 nitrogen and oxygen atoms in total. The van der Waals surface area contributed by atoms with E-state index >= 15 is 0 Å². The zero-order valence-electron chi connectivity index (χ0n) is 12.8. The normalized spacial score (nSPS) is 20.8. The first-order valence-electron chi connectivity index (χ1n) is 7.39. The third-order valence-corrected chi connectivity index (χ3v) is 4.01. The first kappa shape index (κ1) is 14.5. The van der Waals surface area contributed by atoms with Crippen molar-refractivity contribution in [2.45, 2.75) is 19.4 Å². The maximum atomic E-state index is 9.17. The molecular formula is C16H19N5O. The van der Waals surface area contributed by atoms with Gasteiger partial charge in [0.25, 0.3) is 0 Å². The number of nitrogens with zero attached hydrogens (tertiary/aromatic N) is 4. The van der Waals surface area contributed by atoms with Crippen LogP contribution in [0.25, 0.3) is 0 Å². The van der Waals surface area contributed by atoms with Crippen molar-refractivity contribution in [3.8, 4) is 6.07 Å². The summed E-state index contributed by atoms with van der Waals surface area (Å²) < 4.78 is 7.85. The second-order valence-electron chi connectivity index (χ2n) is 5.58. The van der Waals surface area contributed by atoms with Crippen LogP contribution in [0.5, 0.6) is 0 Å². The Labute approximate surface area is 129 Å². The molecule has 2 aromatic rings. The number of nitriles is 1. The van der Waals surface area contributed by atoms with E-state index in [9.17, 15) is 5.26 Å². The molecule has 1 aliphatic rings. The lowest BCUT2D eigenvalue weighted by Gasteiger charge is -2.19. The van der Waals surface area contributed by atoms with Gasteiger partial charge in [-0.2, -0.15) is 5.26 Å². The lowest BCUT2D eigenvalue weighted by Crippen LogP contribution is -2.21. The standard InChI is InChI=1S/C16H19N5O/c1-11-3-4-12(9-17)15(20-11)19-10-13-5-8-22-14(13)16-18-6-7-21(16)2/h3-4,6-7,13-14H,5,8,10H2,1-2H3,(H,19,20)/t13-,14+/m0/s1. The molecule has 2 aromatic heterocycles. The lowest BCUT2D eigenvalue weighted by atomic mass is 10.0. The summed E-state index contributed by atoms with van der Waals surface area (Å²) >= 11 is 0. The number of rotatable bonds is 4. The van der Waals surface area contributed by atoms with Gasteiger partial charge in [-0.3, -0.25) is 0 Å². The number of hydrogen-bond donors (Lipinski definition) is 1. The van der Waals surface area contributed by atoms with Crippen LogP contribution in [-0.2, 0) is 11.8 Å². The van der Waals surface area contributed by atoms with E-state index < -0.39 is 0 Å². The maximum Gasteiger partial charge on any atom is 0.144 e. The molecule has 0 saturated carbocycles. The first-order valence-corrected chi connectivity index (χ1v) is 7.39. The molecule has 2 atom stereocenters. The summed E-state index contributed by atoms with van der Waals surface area (Å²) in [5.74, 6) is 1.91. The molecule has 22 heavy (non-hydrogen) atoms. The minimum Gasteiger partial charge on any atom is -0.370 e. The van der Waals surface area contributed by atoms with Gasteiger partial charge >= 0.3 is 0 Å². The number of aromatic nitrogens is 3. The Bertz CT molecular complexity index is 703. The third-order valence-electron chi connectivity index (χ3n) is 4.01. The number of nitrogens with one attached hydrogen (secondary N) is 1. The van der Waals surface area contributed by atoms with Crippen molar-refractivity contribution in [3.63, 3.8) is 0 Å². The Morgan fingerprint density at radius 2 is 2.36 bits per heavy atom. The number of imidazole rings is 1. The SMILES string of the molecule is Cc1ccc(C#N)c(NC[C@@H]2CCO[C@H]2c2nccn2C)n1. The predicted molar refractivity (Wildman–Crippen MR) is 82.2 cm³/mol. The molecule has 1 fully saturated rings. The summed E-state index contributed by atoms with van der Waals surface area (Å²) in [5.41, 5.74) is 1.46. The van der Waals surface area contributed by atoms with Gasteiger partial charge in [-0.15, -0.1) is 0 Å². The number of hydrogen-bond acceptors (Lipinski definition) is 5. The van der Waals surface area contributed by atoms with Crippen molar-refractivity contribution < 1.29 is 4.74 Å². The molecule has 0 spiro atoms. The third kappa shape index (κ3) is 2.81. The molecule has 1 saturated heterocycles. The first-order chi connectivity index (χ1) is 10.7. The van der Waals surface area contributed by atoms with Crippen LogP contribution in [0.1, 0.15) is 29.6 Å². The van der Waals surface area contributed by atoms with E-state index in [-0.39, 0.29) is 6.10 Å². The Hall–Kier alpha value is -2.39. The van der Waals surface area contributed by atoms with E-state index in [4.69, 9.17) is 4.74 Å². The minimum absolute atomic E-state index is 0.0113. The molecule has 0 amide bonds. The smallest absolute Gasteiger partial charge is 0.144 e. The van der Waals surface area contributed by atoms with Gasteiger partial charge in [0.15, 0.2) is 0 Å². The molecule has 114 valence electrons. The topological polar surface area (TPSA) is 75.8 Å². The monoisotopic (exact) mass is 297 g/mol. The second-order valence-corrected chi connectivity index (χ2v) is 5.58. The van der Waals surface area contributed by atoms with Crippen molar-refractivity contribution in [1.82, 2.24) is 14.5 Å². The molecule has 3 rings (SSSR count). The highest BCUT2D eigenvalue weighted by atomic mass is 16.5. The maximum absolute atomic E-state index is 9.17. The molecule has 1 N–H and O–H groups in total. The zero-order chi connectivity index (χ0) is 15.5. The molecule has 0 aliphatic carbocycles. The van der Waals surface area contributed by atoms with Crippen LogP contribution in [-0.4, -0.2) is 27.7 Å². The van der Waals surface area contributed by atoms with Crippen LogP contribution in [0.4, 0.5) is 5.82 Å². The fraction of sp³-hybridized carbons (Fsp3) is 0.438. The van der Waals surface area contributed by atoms with E-state index in [1.165, 1.54) is 0 Å². The summed E-state index contributed by atoms with van der Waals surface area (Å²) in [6.45, 7) is 3.36. The predicted octanol–water partition coefficient (Wildman–Crippen LogP) is 2.18. The zero-order valence-corrected chi connectivity index (χ0v) is 12.8. The largest absolute Gasteiger partial charge is 0.370 e. The Morgan fingerprint density at radius 3 is 3.09 bits per heavy atom. The Kier molecular flexibility index (Phi) is 4.07. The van der Waals surface area contributed by atoms with E-state index in [1.807, 2.05) is 30.8 Å². The average Bonchev–Trinajstić information content (AvgIpc) is 3.13.